The Morgan fingerprint density at radius 3 is 1.03 bits per heavy atom. The summed E-state index contributed by atoms with van der Waals surface area (Å²) in [4.78, 5) is 0. The summed E-state index contributed by atoms with van der Waals surface area (Å²) in [5.41, 5.74) is 3.99. The second-order valence-corrected chi connectivity index (χ2v) is 14.8. The number of hydrogen-bond donors (Lipinski definition) is 0. The summed E-state index contributed by atoms with van der Waals surface area (Å²) >= 11 is 0. The molecular formula is C33H46B2O4. The molecule has 0 aromatic heterocycles. The summed E-state index contributed by atoms with van der Waals surface area (Å²) < 4.78 is 25.1. The lowest BCUT2D eigenvalue weighted by molar-refractivity contribution is 0.00578. The van der Waals surface area contributed by atoms with Crippen molar-refractivity contribution in [2.24, 2.45) is 11.8 Å². The van der Waals surface area contributed by atoms with E-state index in [2.05, 4.69) is 104 Å². The van der Waals surface area contributed by atoms with Crippen molar-refractivity contribution in [2.45, 2.75) is 122 Å². The number of fused-ring (bicyclic) bond motifs is 2. The summed E-state index contributed by atoms with van der Waals surface area (Å²) in [5.74, 6) is 2.93. The van der Waals surface area contributed by atoms with Gasteiger partial charge in [-0.3, -0.25) is 0 Å². The number of benzene rings is 2. The van der Waals surface area contributed by atoms with Crippen molar-refractivity contribution in [3.8, 4) is 0 Å². The van der Waals surface area contributed by atoms with E-state index in [4.69, 9.17) is 18.6 Å². The minimum absolute atomic E-state index is 0.285. The molecule has 0 amide bonds. The predicted octanol–water partition coefficient (Wildman–Crippen LogP) is 6.36. The van der Waals surface area contributed by atoms with Crippen LogP contribution in [0.3, 0.4) is 0 Å². The monoisotopic (exact) mass is 528 g/mol. The Hall–Kier alpha value is -1.59. The third-order valence-electron chi connectivity index (χ3n) is 11.0. The fourth-order valence-corrected chi connectivity index (χ4v) is 7.20. The molecule has 6 heteroatoms. The van der Waals surface area contributed by atoms with Crippen LogP contribution in [0.5, 0.6) is 0 Å². The Kier molecular flexibility index (Phi) is 6.70. The van der Waals surface area contributed by atoms with Gasteiger partial charge in [-0.1, -0.05) is 48.5 Å². The molecule has 2 aromatic carbocycles. The minimum atomic E-state index is -0.306. The highest BCUT2D eigenvalue weighted by atomic mass is 16.7. The zero-order valence-corrected chi connectivity index (χ0v) is 25.3. The predicted molar refractivity (Wildman–Crippen MR) is 160 cm³/mol. The van der Waals surface area contributed by atoms with Gasteiger partial charge in [0.25, 0.3) is 0 Å². The molecule has 0 atom stereocenters. The first-order valence-corrected chi connectivity index (χ1v) is 15.1. The van der Waals surface area contributed by atoms with Gasteiger partial charge in [0.05, 0.1) is 22.4 Å². The Balaban J connectivity index is 1.08. The van der Waals surface area contributed by atoms with Crippen LogP contribution in [0.2, 0.25) is 0 Å². The van der Waals surface area contributed by atoms with E-state index in [-0.39, 0.29) is 36.6 Å². The average Bonchev–Trinajstić information content (AvgIpc) is 3.23. The normalized spacial score (nSPS) is 32.4. The molecule has 2 saturated carbocycles. The van der Waals surface area contributed by atoms with Crippen molar-refractivity contribution in [3.63, 3.8) is 0 Å². The molecule has 0 radical (unpaired) electrons. The van der Waals surface area contributed by atoms with Gasteiger partial charge in [-0.25, -0.2) is 0 Å². The molecule has 6 rings (SSSR count). The first kappa shape index (κ1) is 27.6. The molecule has 2 bridgehead atoms. The quantitative estimate of drug-likeness (QED) is 0.433. The Morgan fingerprint density at radius 2 is 0.744 bits per heavy atom. The maximum atomic E-state index is 6.27. The van der Waals surface area contributed by atoms with E-state index in [0.29, 0.717) is 11.8 Å². The van der Waals surface area contributed by atoms with Crippen molar-refractivity contribution < 1.29 is 18.6 Å². The molecule has 2 saturated heterocycles. The standard InChI is InChI=1S/C33H46B2O4/c1-30(2)31(3,4)37-34(36-30)28-13-9-24(10-14-28)26-18-22-17-23(19-26)21-27(20-22)25-11-15-29(16-12-25)35-38-32(5,6)33(7,8)39-35/h9-16,22-23,26-27H,17-21H2,1-8H3. The highest BCUT2D eigenvalue weighted by Crippen LogP contribution is 2.51. The van der Waals surface area contributed by atoms with E-state index in [0.717, 1.165) is 22.8 Å². The lowest BCUT2D eigenvalue weighted by atomic mass is 9.62. The van der Waals surface area contributed by atoms with Crippen LogP contribution in [0.25, 0.3) is 0 Å². The third-order valence-corrected chi connectivity index (χ3v) is 11.0. The third kappa shape index (κ3) is 5.05. The van der Waals surface area contributed by atoms with Crippen LogP contribution in [0.15, 0.2) is 48.5 Å². The first-order valence-electron chi connectivity index (χ1n) is 15.1. The van der Waals surface area contributed by atoms with Gasteiger partial charge < -0.3 is 18.6 Å². The van der Waals surface area contributed by atoms with Crippen molar-refractivity contribution >= 4 is 25.2 Å². The minimum Gasteiger partial charge on any atom is -0.399 e. The fraction of sp³-hybridized carbons (Fsp3) is 0.636. The smallest absolute Gasteiger partial charge is 0.399 e. The van der Waals surface area contributed by atoms with Gasteiger partial charge in [-0.2, -0.15) is 0 Å². The molecule has 0 spiro atoms. The highest BCUT2D eigenvalue weighted by molar-refractivity contribution is 6.62. The molecule has 4 nitrogen and oxygen atoms in total. The van der Waals surface area contributed by atoms with E-state index in [9.17, 15) is 0 Å². The Bertz CT molecular complexity index is 1050. The summed E-state index contributed by atoms with van der Waals surface area (Å²) in [6.07, 6.45) is 6.60. The molecule has 0 N–H and O–H groups in total. The Labute approximate surface area is 236 Å². The lowest BCUT2D eigenvalue weighted by Crippen LogP contribution is -2.41. The molecular weight excluding hydrogens is 482 g/mol. The van der Waals surface area contributed by atoms with Gasteiger partial charge in [0, 0.05) is 0 Å². The van der Waals surface area contributed by atoms with Crippen LogP contribution in [0, 0.1) is 11.8 Å². The van der Waals surface area contributed by atoms with Gasteiger partial charge >= 0.3 is 14.2 Å². The largest absolute Gasteiger partial charge is 0.494 e. The second kappa shape index (κ2) is 9.48. The SMILES string of the molecule is CC1(C)OB(c2ccc(C3CC4CC(C3)CC(c3ccc(B5OC(C)(C)C(C)(C)O5)cc3)C4)cc2)OC1(C)C. The summed E-state index contributed by atoms with van der Waals surface area (Å²) in [7, 11) is -0.571. The van der Waals surface area contributed by atoms with Crippen LogP contribution in [-0.2, 0) is 18.6 Å². The number of rotatable bonds is 4. The molecule has 2 heterocycles. The van der Waals surface area contributed by atoms with Crippen LogP contribution in [0.1, 0.15) is 110 Å². The summed E-state index contributed by atoms with van der Waals surface area (Å²) in [5, 5.41) is 0. The Morgan fingerprint density at radius 1 is 0.462 bits per heavy atom. The van der Waals surface area contributed by atoms with Gasteiger partial charge in [0.1, 0.15) is 0 Å². The summed E-state index contributed by atoms with van der Waals surface area (Å²) in [6.45, 7) is 16.9. The van der Waals surface area contributed by atoms with Crippen LogP contribution >= 0.6 is 0 Å². The molecule has 208 valence electrons. The lowest BCUT2D eigenvalue weighted by Gasteiger charge is -2.43. The van der Waals surface area contributed by atoms with Crippen molar-refractivity contribution in [2.75, 3.05) is 0 Å². The van der Waals surface area contributed by atoms with E-state index in [1.165, 1.54) is 43.2 Å². The molecule has 2 aliphatic heterocycles. The zero-order valence-electron chi connectivity index (χ0n) is 25.3. The fourth-order valence-electron chi connectivity index (χ4n) is 7.20. The highest BCUT2D eigenvalue weighted by Gasteiger charge is 2.52. The molecule has 2 aromatic rings. The van der Waals surface area contributed by atoms with Crippen LogP contribution in [-0.4, -0.2) is 36.6 Å². The van der Waals surface area contributed by atoms with Crippen molar-refractivity contribution in [3.05, 3.63) is 59.7 Å². The van der Waals surface area contributed by atoms with E-state index >= 15 is 0 Å². The van der Waals surface area contributed by atoms with E-state index < -0.39 is 0 Å². The maximum Gasteiger partial charge on any atom is 0.494 e. The molecule has 0 unspecified atom stereocenters. The molecule has 4 aliphatic rings. The maximum absolute atomic E-state index is 6.27. The summed E-state index contributed by atoms with van der Waals surface area (Å²) in [6, 6.07) is 18.2. The molecule has 4 fully saturated rings. The van der Waals surface area contributed by atoms with Crippen LogP contribution in [0.4, 0.5) is 0 Å². The topological polar surface area (TPSA) is 36.9 Å². The van der Waals surface area contributed by atoms with E-state index in [1.54, 1.807) is 0 Å². The zero-order chi connectivity index (χ0) is 27.8. The van der Waals surface area contributed by atoms with Crippen molar-refractivity contribution in [1.29, 1.82) is 0 Å². The molecule has 39 heavy (non-hydrogen) atoms. The second-order valence-electron chi connectivity index (χ2n) is 14.8. The first-order chi connectivity index (χ1) is 18.2. The molecule has 2 aliphatic carbocycles. The van der Waals surface area contributed by atoms with Gasteiger partial charge in [0.15, 0.2) is 0 Å². The van der Waals surface area contributed by atoms with Crippen LogP contribution < -0.4 is 10.9 Å². The van der Waals surface area contributed by atoms with Gasteiger partial charge in [-0.05, 0) is 133 Å². The average molecular weight is 528 g/mol. The van der Waals surface area contributed by atoms with E-state index in [1.807, 2.05) is 0 Å². The van der Waals surface area contributed by atoms with Crippen molar-refractivity contribution in [1.82, 2.24) is 0 Å². The van der Waals surface area contributed by atoms with Gasteiger partial charge in [0.2, 0.25) is 0 Å². The number of hydrogen-bond acceptors (Lipinski definition) is 4. The van der Waals surface area contributed by atoms with Gasteiger partial charge in [-0.15, -0.1) is 0 Å².